The molecule has 0 saturated carbocycles. The predicted octanol–water partition coefficient (Wildman–Crippen LogP) is 5.25. The summed E-state index contributed by atoms with van der Waals surface area (Å²) in [5.41, 5.74) is 3.72. The number of ether oxygens (including phenoxy) is 3. The monoisotopic (exact) mass is 403 g/mol. The molecule has 0 aliphatic rings. The minimum atomic E-state index is -0.490. The summed E-state index contributed by atoms with van der Waals surface area (Å²) in [6, 6.07) is 17.0. The Labute approximate surface area is 176 Å². The standard InChI is InChI=1S/C25H25NO4/c1-4-28-23-16-20(11-13-21-10-5-6-15-26-21)12-14-22(23)30-24(27)17-29-25-18(2)8-7-9-19(25)3/h5-16H,4,17H2,1-3H3/b13-11+. The van der Waals surface area contributed by atoms with Gasteiger partial charge in [-0.25, -0.2) is 4.79 Å². The summed E-state index contributed by atoms with van der Waals surface area (Å²) < 4.78 is 16.8. The van der Waals surface area contributed by atoms with Gasteiger partial charge >= 0.3 is 5.97 Å². The molecule has 0 aliphatic heterocycles. The second-order valence-corrected chi connectivity index (χ2v) is 6.71. The first-order chi connectivity index (χ1) is 14.6. The largest absolute Gasteiger partial charge is 0.490 e. The highest BCUT2D eigenvalue weighted by Crippen LogP contribution is 2.30. The van der Waals surface area contributed by atoms with Crippen LogP contribution < -0.4 is 14.2 Å². The Balaban J connectivity index is 1.68. The number of rotatable bonds is 8. The van der Waals surface area contributed by atoms with E-state index in [4.69, 9.17) is 14.2 Å². The van der Waals surface area contributed by atoms with Crippen molar-refractivity contribution in [2.75, 3.05) is 13.2 Å². The van der Waals surface area contributed by atoms with Crippen molar-refractivity contribution in [1.82, 2.24) is 4.98 Å². The maximum atomic E-state index is 12.3. The van der Waals surface area contributed by atoms with Gasteiger partial charge < -0.3 is 14.2 Å². The zero-order valence-electron chi connectivity index (χ0n) is 17.4. The maximum absolute atomic E-state index is 12.3. The van der Waals surface area contributed by atoms with Gasteiger partial charge in [-0.15, -0.1) is 0 Å². The van der Waals surface area contributed by atoms with Crippen molar-refractivity contribution >= 4 is 18.1 Å². The summed E-state index contributed by atoms with van der Waals surface area (Å²) in [4.78, 5) is 16.6. The van der Waals surface area contributed by atoms with Crippen LogP contribution in [0.25, 0.3) is 12.2 Å². The van der Waals surface area contributed by atoms with Crippen LogP contribution in [-0.4, -0.2) is 24.2 Å². The summed E-state index contributed by atoms with van der Waals surface area (Å²) in [6.45, 7) is 6.04. The molecule has 2 aromatic carbocycles. The number of para-hydroxylation sites is 1. The molecule has 30 heavy (non-hydrogen) atoms. The fraction of sp³-hybridized carbons (Fsp3) is 0.200. The highest BCUT2D eigenvalue weighted by molar-refractivity contribution is 5.76. The second kappa shape index (κ2) is 10.3. The Hall–Kier alpha value is -3.60. The Kier molecular flexibility index (Phi) is 7.22. The average Bonchev–Trinajstić information content (AvgIpc) is 2.74. The number of aryl methyl sites for hydroxylation is 2. The summed E-state index contributed by atoms with van der Waals surface area (Å²) in [6.07, 6.45) is 5.59. The van der Waals surface area contributed by atoms with Crippen LogP contribution in [0.5, 0.6) is 17.2 Å². The third kappa shape index (κ3) is 5.70. The molecule has 0 bridgehead atoms. The van der Waals surface area contributed by atoms with Gasteiger partial charge in [-0.3, -0.25) is 4.98 Å². The van der Waals surface area contributed by atoms with Crippen molar-refractivity contribution in [3.63, 3.8) is 0 Å². The Morgan fingerprint density at radius 1 is 0.933 bits per heavy atom. The molecule has 0 spiro atoms. The van der Waals surface area contributed by atoms with Crippen LogP contribution in [-0.2, 0) is 4.79 Å². The van der Waals surface area contributed by atoms with E-state index in [2.05, 4.69) is 4.98 Å². The predicted molar refractivity (Wildman–Crippen MR) is 118 cm³/mol. The lowest BCUT2D eigenvalue weighted by atomic mass is 10.1. The topological polar surface area (TPSA) is 57.7 Å². The van der Waals surface area contributed by atoms with Crippen molar-refractivity contribution in [1.29, 1.82) is 0 Å². The highest BCUT2D eigenvalue weighted by Gasteiger charge is 2.13. The molecule has 0 saturated heterocycles. The molecule has 0 N–H and O–H groups in total. The molecule has 5 nitrogen and oxygen atoms in total. The normalized spacial score (nSPS) is 10.8. The molecule has 3 aromatic rings. The number of esters is 1. The maximum Gasteiger partial charge on any atom is 0.349 e. The van der Waals surface area contributed by atoms with Crippen molar-refractivity contribution < 1.29 is 19.0 Å². The van der Waals surface area contributed by atoms with E-state index >= 15 is 0 Å². The first-order valence-electron chi connectivity index (χ1n) is 9.82. The fourth-order valence-electron chi connectivity index (χ4n) is 2.95. The Morgan fingerprint density at radius 3 is 2.43 bits per heavy atom. The van der Waals surface area contributed by atoms with Gasteiger partial charge in [-0.1, -0.05) is 36.4 Å². The quantitative estimate of drug-likeness (QED) is 0.380. The summed E-state index contributed by atoms with van der Waals surface area (Å²) >= 11 is 0. The number of nitrogens with zero attached hydrogens (tertiary/aromatic N) is 1. The first kappa shape index (κ1) is 21.1. The SMILES string of the molecule is CCOc1cc(/C=C/c2ccccn2)ccc1OC(=O)COc1c(C)cccc1C. The number of carbonyl (C=O) groups is 1. The zero-order chi connectivity index (χ0) is 21.3. The molecule has 0 atom stereocenters. The second-order valence-electron chi connectivity index (χ2n) is 6.71. The minimum absolute atomic E-state index is 0.182. The van der Waals surface area contributed by atoms with Gasteiger partial charge in [-0.05, 0) is 67.8 Å². The van der Waals surface area contributed by atoms with Crippen molar-refractivity contribution in [2.24, 2.45) is 0 Å². The molecule has 0 unspecified atom stereocenters. The van der Waals surface area contributed by atoms with Gasteiger partial charge in [0.2, 0.25) is 0 Å². The zero-order valence-corrected chi connectivity index (χ0v) is 17.4. The summed E-state index contributed by atoms with van der Waals surface area (Å²) in [5, 5.41) is 0. The van der Waals surface area contributed by atoms with Gasteiger partial charge in [0, 0.05) is 6.20 Å². The number of aromatic nitrogens is 1. The third-order valence-electron chi connectivity index (χ3n) is 4.37. The molecule has 0 aliphatic carbocycles. The van der Waals surface area contributed by atoms with Gasteiger partial charge in [-0.2, -0.15) is 0 Å². The molecular formula is C25H25NO4. The highest BCUT2D eigenvalue weighted by atomic mass is 16.6. The molecule has 3 rings (SSSR count). The van der Waals surface area contributed by atoms with Crippen LogP contribution >= 0.6 is 0 Å². The fourth-order valence-corrected chi connectivity index (χ4v) is 2.95. The molecule has 0 radical (unpaired) electrons. The molecule has 1 heterocycles. The summed E-state index contributed by atoms with van der Waals surface area (Å²) in [5.74, 6) is 1.08. The van der Waals surface area contributed by atoms with E-state index in [1.54, 1.807) is 12.3 Å². The number of hydrogen-bond acceptors (Lipinski definition) is 5. The van der Waals surface area contributed by atoms with Gasteiger partial charge in [0.05, 0.1) is 12.3 Å². The summed E-state index contributed by atoms with van der Waals surface area (Å²) in [7, 11) is 0. The van der Waals surface area contributed by atoms with Crippen molar-refractivity contribution in [3.8, 4) is 17.2 Å². The van der Waals surface area contributed by atoms with Crippen molar-refractivity contribution in [3.05, 3.63) is 83.2 Å². The number of pyridine rings is 1. The lowest BCUT2D eigenvalue weighted by Crippen LogP contribution is -2.18. The Bertz CT molecular complexity index is 1010. The molecule has 5 heteroatoms. The van der Waals surface area contributed by atoms with Crippen LogP contribution in [0.2, 0.25) is 0 Å². The number of hydrogen-bond donors (Lipinski definition) is 0. The Morgan fingerprint density at radius 2 is 1.73 bits per heavy atom. The van der Waals surface area contributed by atoms with Crippen LogP contribution in [0.4, 0.5) is 0 Å². The van der Waals surface area contributed by atoms with Gasteiger partial charge in [0.25, 0.3) is 0 Å². The van der Waals surface area contributed by atoms with Crippen LogP contribution in [0, 0.1) is 13.8 Å². The lowest BCUT2D eigenvalue weighted by Gasteiger charge is -2.13. The van der Waals surface area contributed by atoms with Gasteiger partial charge in [0.15, 0.2) is 18.1 Å². The first-order valence-corrected chi connectivity index (χ1v) is 9.82. The van der Waals surface area contributed by atoms with E-state index in [-0.39, 0.29) is 6.61 Å². The molecule has 0 amide bonds. The van der Waals surface area contributed by atoms with E-state index in [1.165, 1.54) is 0 Å². The van der Waals surface area contributed by atoms with Crippen LogP contribution in [0.15, 0.2) is 60.8 Å². The van der Waals surface area contributed by atoms with Crippen LogP contribution in [0.3, 0.4) is 0 Å². The molecule has 0 fully saturated rings. The number of benzene rings is 2. The molecule has 154 valence electrons. The van der Waals surface area contributed by atoms with E-state index in [9.17, 15) is 4.79 Å². The van der Waals surface area contributed by atoms with E-state index in [0.29, 0.717) is 23.9 Å². The smallest absolute Gasteiger partial charge is 0.349 e. The van der Waals surface area contributed by atoms with Gasteiger partial charge in [0.1, 0.15) is 5.75 Å². The van der Waals surface area contributed by atoms with E-state index in [1.807, 2.05) is 81.5 Å². The number of carbonyl (C=O) groups excluding carboxylic acids is 1. The van der Waals surface area contributed by atoms with Crippen LogP contribution in [0.1, 0.15) is 29.3 Å². The minimum Gasteiger partial charge on any atom is -0.490 e. The average molecular weight is 403 g/mol. The molecule has 1 aromatic heterocycles. The van der Waals surface area contributed by atoms with Crippen molar-refractivity contribution in [2.45, 2.75) is 20.8 Å². The molecular weight excluding hydrogens is 378 g/mol. The van der Waals surface area contributed by atoms with E-state index in [0.717, 1.165) is 22.4 Å². The lowest BCUT2D eigenvalue weighted by molar-refractivity contribution is -0.136. The van der Waals surface area contributed by atoms with E-state index < -0.39 is 5.97 Å². The third-order valence-corrected chi connectivity index (χ3v) is 4.37.